The maximum absolute atomic E-state index is 11.5. The first-order valence-corrected chi connectivity index (χ1v) is 12.1. The van der Waals surface area contributed by atoms with Crippen LogP contribution in [0.1, 0.15) is 11.1 Å². The number of benzene rings is 2. The summed E-state index contributed by atoms with van der Waals surface area (Å²) in [7, 11) is -9.64. The van der Waals surface area contributed by atoms with Crippen LogP contribution < -0.4 is 0 Å². The second kappa shape index (κ2) is 10.8. The predicted molar refractivity (Wildman–Crippen MR) is 120 cm³/mol. The van der Waals surface area contributed by atoms with Crippen molar-refractivity contribution in [1.82, 2.24) is 29.9 Å². The van der Waals surface area contributed by atoms with Crippen molar-refractivity contribution in [2.24, 2.45) is 0 Å². The van der Waals surface area contributed by atoms with E-state index in [1.165, 1.54) is 43.5 Å². The summed E-state index contributed by atoms with van der Waals surface area (Å²) >= 11 is 0. The number of nitrogens with zero attached hydrogens (tertiary/aromatic N) is 6. The van der Waals surface area contributed by atoms with Gasteiger partial charge in [-0.15, -0.1) is 0 Å². The Labute approximate surface area is 194 Å². The summed E-state index contributed by atoms with van der Waals surface area (Å²) in [6.45, 7) is 0. The third kappa shape index (κ3) is 6.76. The van der Waals surface area contributed by atoms with Crippen molar-refractivity contribution in [3.63, 3.8) is 0 Å². The number of rotatable bonds is 5. The molecule has 0 unspecified atom stereocenters. The van der Waals surface area contributed by atoms with Crippen LogP contribution in [0.3, 0.4) is 0 Å². The summed E-state index contributed by atoms with van der Waals surface area (Å²) in [5.41, 5.74) is 0.697. The zero-order valence-electron chi connectivity index (χ0n) is 17.1. The van der Waals surface area contributed by atoms with Crippen LogP contribution in [0, 0.1) is 0 Å². The smallest absolute Gasteiger partial charge is 0.282 e. The maximum Gasteiger partial charge on any atom is 0.296 e. The Morgan fingerprint density at radius 2 is 1.15 bits per heavy atom. The van der Waals surface area contributed by atoms with E-state index in [0.717, 1.165) is 11.6 Å². The minimum atomic E-state index is -4.84. The molecule has 2 N–H and O–H groups in total. The first-order chi connectivity index (χ1) is 16.2. The van der Waals surface area contributed by atoms with Gasteiger partial charge in [-0.25, -0.2) is 29.9 Å². The molecule has 12 nitrogen and oxygen atoms in total. The van der Waals surface area contributed by atoms with Crippen molar-refractivity contribution in [3.05, 3.63) is 85.0 Å². The lowest BCUT2D eigenvalue weighted by Crippen LogP contribution is -2.10. The Balaban J connectivity index is 0.000000226. The molecule has 4 rings (SSSR count). The number of hydrogen-bond donors (Lipinski definition) is 2. The van der Waals surface area contributed by atoms with Crippen LogP contribution in [0.15, 0.2) is 83.6 Å². The van der Waals surface area contributed by atoms with Gasteiger partial charge in [-0.3, -0.25) is 9.11 Å². The Morgan fingerprint density at radius 3 is 1.62 bits per heavy atom. The molecule has 0 radical (unpaired) electrons. The highest BCUT2D eigenvalue weighted by Crippen LogP contribution is 2.26. The lowest BCUT2D eigenvalue weighted by atomic mass is 10.1. The van der Waals surface area contributed by atoms with Crippen LogP contribution in [0.4, 0.5) is 0 Å². The van der Waals surface area contributed by atoms with Crippen molar-refractivity contribution >= 4 is 32.4 Å². The highest BCUT2D eigenvalue weighted by atomic mass is 32.2. The summed E-state index contributed by atoms with van der Waals surface area (Å²) in [5.74, 6) is 0.903. The lowest BCUT2D eigenvalue weighted by Gasteiger charge is -2.07. The van der Waals surface area contributed by atoms with Crippen LogP contribution >= 0.6 is 0 Å². The third-order valence-electron chi connectivity index (χ3n) is 3.99. The molecule has 0 bridgehead atoms. The van der Waals surface area contributed by atoms with Gasteiger partial charge < -0.3 is 0 Å². The highest BCUT2D eigenvalue weighted by molar-refractivity contribution is 7.89. The topological polar surface area (TPSA) is 186 Å². The molecule has 0 amide bonds. The molecule has 174 valence electrons. The first kappa shape index (κ1) is 24.7. The Kier molecular flexibility index (Phi) is 7.80. The SMILES string of the molecule is O=S(=O)(O)c1cccc(C=Cc2ccccc2)c1S(=O)(=O)O.c1ncnc(-c2ncncn2)n1. The second-order valence-corrected chi connectivity index (χ2v) is 9.04. The Hall–Kier alpha value is -3.98. The summed E-state index contributed by atoms with van der Waals surface area (Å²) in [6.07, 6.45) is 8.47. The molecule has 2 aromatic carbocycles. The normalized spacial score (nSPS) is 11.6. The van der Waals surface area contributed by atoms with Gasteiger partial charge in [0, 0.05) is 0 Å². The van der Waals surface area contributed by atoms with Gasteiger partial charge in [0.1, 0.15) is 35.1 Å². The summed E-state index contributed by atoms with van der Waals surface area (Å²) < 4.78 is 63.9. The Bertz CT molecular complexity index is 1450. The first-order valence-electron chi connectivity index (χ1n) is 9.22. The van der Waals surface area contributed by atoms with Crippen molar-refractivity contribution in [2.75, 3.05) is 0 Å². The molecule has 2 aromatic heterocycles. The monoisotopic (exact) mass is 500 g/mol. The van der Waals surface area contributed by atoms with E-state index in [9.17, 15) is 21.4 Å². The molecule has 0 aliphatic carbocycles. The number of aromatic nitrogens is 6. The van der Waals surface area contributed by atoms with Crippen LogP contribution in [0.2, 0.25) is 0 Å². The van der Waals surface area contributed by atoms with Crippen molar-refractivity contribution in [3.8, 4) is 11.6 Å². The van der Waals surface area contributed by atoms with Gasteiger partial charge in [-0.1, -0.05) is 54.6 Å². The summed E-state index contributed by atoms with van der Waals surface area (Å²) in [5, 5.41) is 0. The zero-order chi connectivity index (χ0) is 24.6. The summed E-state index contributed by atoms with van der Waals surface area (Å²) in [4.78, 5) is 21.1. The minimum Gasteiger partial charge on any atom is -0.282 e. The zero-order valence-corrected chi connectivity index (χ0v) is 18.7. The molecule has 34 heavy (non-hydrogen) atoms. The van der Waals surface area contributed by atoms with E-state index < -0.39 is 30.0 Å². The molecule has 0 saturated heterocycles. The highest BCUT2D eigenvalue weighted by Gasteiger charge is 2.26. The van der Waals surface area contributed by atoms with E-state index in [1.807, 2.05) is 0 Å². The van der Waals surface area contributed by atoms with Gasteiger partial charge in [0.05, 0.1) is 0 Å². The molecule has 0 fully saturated rings. The van der Waals surface area contributed by atoms with Crippen LogP contribution in [-0.2, 0) is 20.2 Å². The van der Waals surface area contributed by atoms with Crippen molar-refractivity contribution in [2.45, 2.75) is 9.79 Å². The van der Waals surface area contributed by atoms with Gasteiger partial charge in [-0.05, 0) is 17.2 Å². The van der Waals surface area contributed by atoms with Gasteiger partial charge in [0.25, 0.3) is 20.2 Å². The van der Waals surface area contributed by atoms with Crippen LogP contribution in [0.25, 0.3) is 23.8 Å². The molecule has 4 aromatic rings. The van der Waals surface area contributed by atoms with E-state index in [0.29, 0.717) is 11.6 Å². The largest absolute Gasteiger partial charge is 0.296 e. The van der Waals surface area contributed by atoms with Crippen molar-refractivity contribution in [1.29, 1.82) is 0 Å². The average Bonchev–Trinajstić information content (AvgIpc) is 2.83. The molecule has 0 aliphatic heterocycles. The minimum absolute atomic E-state index is 0.0542. The van der Waals surface area contributed by atoms with Gasteiger partial charge in [-0.2, -0.15) is 16.8 Å². The molecular weight excluding hydrogens is 484 g/mol. The molecule has 0 atom stereocenters. The van der Waals surface area contributed by atoms with Gasteiger partial charge >= 0.3 is 0 Å². The van der Waals surface area contributed by atoms with E-state index in [2.05, 4.69) is 29.9 Å². The standard InChI is InChI=1S/C14H12O6S2.C6H4N6/c15-21(16,17)13-8-4-7-12(14(13)22(18,19)20)10-9-11-5-2-1-3-6-11;1-7-2-10-5(9-1)6-11-3-8-4-12-6/h1-10H,(H,15,16,17)(H,18,19,20);1-4H. The van der Waals surface area contributed by atoms with Crippen molar-refractivity contribution < 1.29 is 25.9 Å². The molecular formula is C20H16N6O6S2. The van der Waals surface area contributed by atoms with E-state index in [1.54, 1.807) is 36.4 Å². The van der Waals surface area contributed by atoms with Gasteiger partial charge in [0.15, 0.2) is 0 Å². The molecule has 2 heterocycles. The lowest BCUT2D eigenvalue weighted by molar-refractivity contribution is 0.466. The average molecular weight is 501 g/mol. The molecule has 14 heteroatoms. The molecule has 0 saturated carbocycles. The van der Waals surface area contributed by atoms with E-state index in [-0.39, 0.29) is 5.56 Å². The van der Waals surface area contributed by atoms with Gasteiger partial charge in [0.2, 0.25) is 11.6 Å². The molecule has 0 aliphatic rings. The molecule has 0 spiro atoms. The quantitative estimate of drug-likeness (QED) is 0.300. The van der Waals surface area contributed by atoms with E-state index >= 15 is 0 Å². The number of hydrogen-bond acceptors (Lipinski definition) is 10. The summed E-state index contributed by atoms with van der Waals surface area (Å²) in [6, 6.07) is 12.4. The predicted octanol–water partition coefficient (Wildman–Crippen LogP) is 2.07. The fraction of sp³-hybridized carbons (Fsp3) is 0. The van der Waals surface area contributed by atoms with E-state index in [4.69, 9.17) is 4.55 Å². The third-order valence-corrected chi connectivity index (χ3v) is 5.98. The second-order valence-electron chi connectivity index (χ2n) is 6.29. The maximum atomic E-state index is 11.5. The Morgan fingerprint density at radius 1 is 0.618 bits per heavy atom. The fourth-order valence-corrected chi connectivity index (χ4v) is 4.59. The fourth-order valence-electron chi connectivity index (χ4n) is 2.60. The van der Waals surface area contributed by atoms with Crippen LogP contribution in [0.5, 0.6) is 0 Å². The van der Waals surface area contributed by atoms with Crippen LogP contribution in [-0.4, -0.2) is 55.8 Å².